The molecule has 0 saturated heterocycles. The maximum Gasteiger partial charge on any atom is 0.119 e. The van der Waals surface area contributed by atoms with Gasteiger partial charge in [-0.25, -0.2) is 0 Å². The Balaban J connectivity index is 2.71. The fourth-order valence-electron chi connectivity index (χ4n) is 1.04. The van der Waals surface area contributed by atoms with Gasteiger partial charge in [-0.05, 0) is 36.6 Å². The molecule has 0 bridgehead atoms. The molecule has 0 heterocycles. The van der Waals surface area contributed by atoms with E-state index in [4.69, 9.17) is 4.74 Å². The van der Waals surface area contributed by atoms with Gasteiger partial charge in [0.05, 0.1) is 6.61 Å². The fourth-order valence-corrected chi connectivity index (χ4v) is 1.04. The third-order valence-corrected chi connectivity index (χ3v) is 1.74. The van der Waals surface area contributed by atoms with Crippen LogP contribution in [0.1, 0.15) is 32.3 Å². The molecule has 0 amide bonds. The number of benzene rings is 1. The lowest BCUT2D eigenvalue weighted by atomic mass is 10.0. The molecule has 0 aliphatic carbocycles. The van der Waals surface area contributed by atoms with E-state index < -0.39 is 0 Å². The van der Waals surface area contributed by atoms with Crippen molar-refractivity contribution in [2.75, 3.05) is 6.61 Å². The predicted octanol–water partition coefficient (Wildman–Crippen LogP) is 3.01. The third-order valence-electron chi connectivity index (χ3n) is 1.74. The molecule has 1 rings (SSSR count). The standard InChI is InChI=1S/C11H15O/c1-4-12-11-7-5-10(6-8-11)9(2)3/h5,7-9H,4H2,1-3H3. The van der Waals surface area contributed by atoms with E-state index >= 15 is 0 Å². The SMILES string of the molecule is CCOc1c[c]c(C(C)C)cc1. The molecule has 1 radical (unpaired) electrons. The highest BCUT2D eigenvalue weighted by Crippen LogP contribution is 2.17. The minimum absolute atomic E-state index is 0.542. The molecular formula is C11H15O. The number of hydrogen-bond acceptors (Lipinski definition) is 1. The first-order valence-electron chi connectivity index (χ1n) is 4.38. The van der Waals surface area contributed by atoms with Crippen molar-refractivity contribution in [1.29, 1.82) is 0 Å². The van der Waals surface area contributed by atoms with Crippen molar-refractivity contribution in [3.8, 4) is 5.75 Å². The zero-order valence-corrected chi connectivity index (χ0v) is 7.92. The summed E-state index contributed by atoms with van der Waals surface area (Å²) in [4.78, 5) is 0. The van der Waals surface area contributed by atoms with E-state index in [9.17, 15) is 0 Å². The largest absolute Gasteiger partial charge is 0.494 e. The van der Waals surface area contributed by atoms with Crippen LogP contribution in [0.25, 0.3) is 0 Å². The van der Waals surface area contributed by atoms with E-state index in [1.54, 1.807) is 0 Å². The van der Waals surface area contributed by atoms with Gasteiger partial charge in [0.25, 0.3) is 0 Å². The van der Waals surface area contributed by atoms with Gasteiger partial charge in [0.1, 0.15) is 5.75 Å². The molecule has 1 nitrogen and oxygen atoms in total. The second kappa shape index (κ2) is 4.15. The molecule has 0 aliphatic rings. The average molecular weight is 163 g/mol. The highest BCUT2D eigenvalue weighted by molar-refractivity contribution is 5.27. The summed E-state index contributed by atoms with van der Waals surface area (Å²) in [7, 11) is 0. The monoisotopic (exact) mass is 163 g/mol. The Morgan fingerprint density at radius 2 is 2.17 bits per heavy atom. The molecule has 0 N–H and O–H groups in total. The van der Waals surface area contributed by atoms with Gasteiger partial charge in [-0.2, -0.15) is 0 Å². The summed E-state index contributed by atoms with van der Waals surface area (Å²) in [5, 5.41) is 0. The van der Waals surface area contributed by atoms with Gasteiger partial charge in [0.15, 0.2) is 0 Å². The maximum atomic E-state index is 5.31. The summed E-state index contributed by atoms with van der Waals surface area (Å²) in [5.41, 5.74) is 1.23. The summed E-state index contributed by atoms with van der Waals surface area (Å²) in [6, 6.07) is 9.16. The molecule has 1 aromatic carbocycles. The molecule has 0 aromatic heterocycles. The van der Waals surface area contributed by atoms with Gasteiger partial charge in [0, 0.05) is 0 Å². The van der Waals surface area contributed by atoms with E-state index in [1.165, 1.54) is 5.56 Å². The van der Waals surface area contributed by atoms with E-state index in [1.807, 2.05) is 19.1 Å². The van der Waals surface area contributed by atoms with Crippen LogP contribution in [0.4, 0.5) is 0 Å². The van der Waals surface area contributed by atoms with Crippen LogP contribution in [0.2, 0.25) is 0 Å². The van der Waals surface area contributed by atoms with E-state index in [-0.39, 0.29) is 0 Å². The first kappa shape index (κ1) is 9.11. The zero-order chi connectivity index (χ0) is 8.97. The molecular weight excluding hydrogens is 148 g/mol. The zero-order valence-electron chi connectivity index (χ0n) is 7.92. The lowest BCUT2D eigenvalue weighted by Gasteiger charge is -2.06. The smallest absolute Gasteiger partial charge is 0.119 e. The summed E-state index contributed by atoms with van der Waals surface area (Å²) < 4.78 is 5.31. The molecule has 65 valence electrons. The minimum atomic E-state index is 0.542. The molecule has 1 aromatic rings. The Morgan fingerprint density at radius 3 is 2.58 bits per heavy atom. The highest BCUT2D eigenvalue weighted by Gasteiger charge is 1.98. The van der Waals surface area contributed by atoms with Crippen molar-refractivity contribution in [2.45, 2.75) is 26.7 Å². The first-order valence-corrected chi connectivity index (χ1v) is 4.38. The summed E-state index contributed by atoms with van der Waals surface area (Å²) in [6.07, 6.45) is 0. The van der Waals surface area contributed by atoms with Crippen LogP contribution in [0.3, 0.4) is 0 Å². The quantitative estimate of drug-likeness (QED) is 0.665. The number of ether oxygens (including phenoxy) is 1. The van der Waals surface area contributed by atoms with Gasteiger partial charge in [0.2, 0.25) is 0 Å². The van der Waals surface area contributed by atoms with Gasteiger partial charge < -0.3 is 4.74 Å². The Morgan fingerprint density at radius 1 is 1.42 bits per heavy atom. The van der Waals surface area contributed by atoms with Gasteiger partial charge in [-0.3, -0.25) is 0 Å². The van der Waals surface area contributed by atoms with Crippen molar-refractivity contribution >= 4 is 0 Å². The Bertz CT molecular complexity index is 223. The summed E-state index contributed by atoms with van der Waals surface area (Å²) in [6.45, 7) is 7.02. The van der Waals surface area contributed by atoms with Crippen LogP contribution in [0, 0.1) is 6.07 Å². The molecule has 0 unspecified atom stereocenters. The molecule has 0 atom stereocenters. The number of rotatable bonds is 3. The first-order chi connectivity index (χ1) is 5.74. The van der Waals surface area contributed by atoms with Crippen molar-refractivity contribution in [1.82, 2.24) is 0 Å². The van der Waals surface area contributed by atoms with Crippen LogP contribution in [-0.4, -0.2) is 6.61 Å². The van der Waals surface area contributed by atoms with E-state index in [0.29, 0.717) is 5.92 Å². The Kier molecular flexibility index (Phi) is 3.15. The molecule has 0 aliphatic heterocycles. The Labute approximate surface area is 74.4 Å². The van der Waals surface area contributed by atoms with Gasteiger partial charge in [-0.15, -0.1) is 0 Å². The molecule has 0 spiro atoms. The number of hydrogen-bond donors (Lipinski definition) is 0. The third kappa shape index (κ3) is 2.26. The minimum Gasteiger partial charge on any atom is -0.494 e. The van der Waals surface area contributed by atoms with Crippen LogP contribution in [0.5, 0.6) is 5.75 Å². The van der Waals surface area contributed by atoms with Crippen molar-refractivity contribution < 1.29 is 4.74 Å². The fraction of sp³-hybridized carbons (Fsp3) is 0.455. The van der Waals surface area contributed by atoms with Crippen molar-refractivity contribution in [2.24, 2.45) is 0 Å². The van der Waals surface area contributed by atoms with Crippen LogP contribution >= 0.6 is 0 Å². The Hall–Kier alpha value is -0.980. The molecule has 0 fully saturated rings. The van der Waals surface area contributed by atoms with E-state index in [0.717, 1.165) is 12.4 Å². The second-order valence-electron chi connectivity index (χ2n) is 3.07. The topological polar surface area (TPSA) is 9.23 Å². The molecule has 12 heavy (non-hydrogen) atoms. The lowest BCUT2D eigenvalue weighted by molar-refractivity contribution is 0.340. The van der Waals surface area contributed by atoms with Crippen molar-refractivity contribution in [3.05, 3.63) is 29.8 Å². The highest BCUT2D eigenvalue weighted by atomic mass is 16.5. The van der Waals surface area contributed by atoms with Crippen molar-refractivity contribution in [3.63, 3.8) is 0 Å². The molecule has 1 heteroatoms. The lowest BCUT2D eigenvalue weighted by Crippen LogP contribution is -1.92. The maximum absolute atomic E-state index is 5.31. The second-order valence-corrected chi connectivity index (χ2v) is 3.07. The summed E-state index contributed by atoms with van der Waals surface area (Å²) in [5.74, 6) is 1.45. The average Bonchev–Trinajstić information content (AvgIpc) is 2.06. The van der Waals surface area contributed by atoms with Crippen LogP contribution in [0.15, 0.2) is 18.2 Å². The van der Waals surface area contributed by atoms with Crippen LogP contribution in [-0.2, 0) is 0 Å². The predicted molar refractivity (Wildman–Crippen MR) is 50.5 cm³/mol. The molecule has 0 saturated carbocycles. The normalized spacial score (nSPS) is 10.3. The van der Waals surface area contributed by atoms with Crippen LogP contribution < -0.4 is 4.74 Å². The van der Waals surface area contributed by atoms with Gasteiger partial charge >= 0.3 is 0 Å². The van der Waals surface area contributed by atoms with E-state index in [2.05, 4.69) is 26.0 Å². The van der Waals surface area contributed by atoms with Gasteiger partial charge in [-0.1, -0.05) is 19.9 Å². The summed E-state index contributed by atoms with van der Waals surface area (Å²) >= 11 is 0.